The van der Waals surface area contributed by atoms with Crippen LogP contribution in [0, 0.1) is 12.7 Å². The summed E-state index contributed by atoms with van der Waals surface area (Å²) in [6.07, 6.45) is 4.02. The molecule has 2 atom stereocenters. The molecule has 75 heavy (non-hydrogen) atoms. The molecule has 2 aliphatic rings. The van der Waals surface area contributed by atoms with Gasteiger partial charge in [0.2, 0.25) is 0 Å². The average Bonchev–Trinajstić information content (AvgIpc) is 3.70. The summed E-state index contributed by atoms with van der Waals surface area (Å²) in [5.74, 6) is -0.0433. The molecule has 2 fully saturated rings. The Morgan fingerprint density at radius 1 is 0.800 bits per heavy atom. The van der Waals surface area contributed by atoms with E-state index >= 15 is 4.39 Å². The number of rotatable bonds is 19. The van der Waals surface area contributed by atoms with Crippen LogP contribution >= 0.6 is 23.4 Å². The minimum atomic E-state index is -6.02. The van der Waals surface area contributed by atoms with Crippen molar-refractivity contribution in [3.05, 3.63) is 132 Å². The number of thioether (sulfide) groups is 1. The van der Waals surface area contributed by atoms with Gasteiger partial charge in [0, 0.05) is 101 Å². The first-order chi connectivity index (χ1) is 35.6. The maximum Gasteiger partial charge on any atom is 0.501 e. The van der Waals surface area contributed by atoms with E-state index in [1.165, 1.54) is 36.0 Å². The highest BCUT2D eigenvalue weighted by Gasteiger charge is 2.48. The number of anilines is 4. The fourth-order valence-corrected chi connectivity index (χ4v) is 14.2. The van der Waals surface area contributed by atoms with E-state index < -0.39 is 57.8 Å². The summed E-state index contributed by atoms with van der Waals surface area (Å²) in [7, 11) is -10.1. The molecule has 12 nitrogen and oxygen atoms in total. The highest BCUT2D eigenvalue weighted by atomic mass is 35.5. The zero-order chi connectivity index (χ0) is 53.8. The van der Waals surface area contributed by atoms with Gasteiger partial charge in [0.1, 0.15) is 10.7 Å². The van der Waals surface area contributed by atoms with E-state index in [4.69, 9.17) is 11.6 Å². The molecule has 0 spiro atoms. The van der Waals surface area contributed by atoms with Gasteiger partial charge in [-0.1, -0.05) is 41.9 Å². The Balaban J connectivity index is 0.976. The number of alkyl halides is 3. The molecule has 21 heteroatoms. The summed E-state index contributed by atoms with van der Waals surface area (Å²) in [5, 5.41) is 6.95. The number of hydrogen-bond donors (Lipinski definition) is 3. The number of nitrogens with one attached hydrogen (secondary N) is 3. The molecule has 5 aromatic carbocycles. The summed E-state index contributed by atoms with van der Waals surface area (Å²) in [5.41, 5.74) is -0.726. The Labute approximate surface area is 449 Å². The third kappa shape index (κ3) is 13.0. The first kappa shape index (κ1) is 56.1. The molecular formula is C54H62ClF4N7O5S4. The summed E-state index contributed by atoms with van der Waals surface area (Å²) in [6.45, 7) is 10.4. The van der Waals surface area contributed by atoms with Crippen LogP contribution in [0.2, 0.25) is 5.02 Å². The number of aromatic nitrogens is 1. The fourth-order valence-electron chi connectivity index (χ4n) is 9.97. The molecule has 6 aromatic rings. The van der Waals surface area contributed by atoms with E-state index in [0.29, 0.717) is 83.7 Å². The first-order valence-electron chi connectivity index (χ1n) is 24.7. The standard InChI is InChI=1S/C54H62ClF4N7O5S4/c1-36(2)66-37(3)53(73(5)67)51(52(66)38-11-13-40(55)14-12-38)39-31-41(56)33-46(32-39)65-29-27-64(28-30-65)45-17-15-43(16-18-45)62-75(70,71)48-19-20-49(50(34-48)74(68,69)54(57,58)59)61-44(35-72-47-9-7-6-8-10-47)23-26-63-24-21-42(60-4)22-25-63/h6-20,31-34,36,42,44,60-62H,21-30,35H2,1-5H3/t44-,73?/m1/s1. The molecule has 3 heterocycles. The largest absolute Gasteiger partial charge is 0.501 e. The van der Waals surface area contributed by atoms with Crippen molar-refractivity contribution in [3.63, 3.8) is 0 Å². The third-order valence-electron chi connectivity index (χ3n) is 13.8. The van der Waals surface area contributed by atoms with Crippen LogP contribution in [-0.4, -0.2) is 113 Å². The summed E-state index contributed by atoms with van der Waals surface area (Å²) in [6, 6.07) is 30.9. The SMILES string of the molecule is CNC1CCN(CC[C@H](CSc2ccccc2)Nc2ccc(S(=O)(=O)Nc3ccc(N4CCN(c5cc(F)cc(-c6c(S(C)=O)c(C)n(C(C)C)c6-c6ccc(Cl)cc6)c5)CC4)cc3)cc2S(=O)(=O)C(F)(F)F)CC1. The van der Waals surface area contributed by atoms with Crippen LogP contribution in [-0.2, 0) is 30.7 Å². The number of sulfone groups is 1. The Kier molecular flexibility index (Phi) is 17.7. The van der Waals surface area contributed by atoms with Gasteiger partial charge in [-0.3, -0.25) is 8.93 Å². The minimum Gasteiger partial charge on any atom is -0.380 e. The smallest absolute Gasteiger partial charge is 0.380 e. The number of benzene rings is 5. The minimum absolute atomic E-state index is 0.00370. The molecular weight excluding hydrogens is 1070 g/mol. The van der Waals surface area contributed by atoms with Gasteiger partial charge >= 0.3 is 5.51 Å². The predicted molar refractivity (Wildman–Crippen MR) is 297 cm³/mol. The lowest BCUT2D eigenvalue weighted by Gasteiger charge is -2.37. The van der Waals surface area contributed by atoms with Gasteiger partial charge in [-0.25, -0.2) is 21.2 Å². The van der Waals surface area contributed by atoms with Crippen molar-refractivity contribution in [2.45, 2.75) is 83.2 Å². The average molecular weight is 1130 g/mol. The van der Waals surface area contributed by atoms with E-state index in [2.05, 4.69) is 34.6 Å². The quantitative estimate of drug-likeness (QED) is 0.0528. The highest BCUT2D eigenvalue weighted by molar-refractivity contribution is 7.99. The number of piperazine rings is 1. The molecule has 402 valence electrons. The van der Waals surface area contributed by atoms with E-state index in [9.17, 15) is 34.2 Å². The normalized spacial score (nSPS) is 16.1. The van der Waals surface area contributed by atoms with Gasteiger partial charge in [-0.15, -0.1) is 11.8 Å². The number of nitrogens with zero attached hydrogens (tertiary/aromatic N) is 4. The van der Waals surface area contributed by atoms with Gasteiger partial charge in [-0.05, 0) is 156 Å². The molecule has 1 aromatic heterocycles. The Morgan fingerprint density at radius 3 is 2.04 bits per heavy atom. The molecule has 3 N–H and O–H groups in total. The van der Waals surface area contributed by atoms with Crippen LogP contribution in [0.3, 0.4) is 0 Å². The molecule has 0 amide bonds. The highest BCUT2D eigenvalue weighted by Crippen LogP contribution is 2.44. The van der Waals surface area contributed by atoms with Crippen LogP contribution in [0.4, 0.5) is 40.3 Å². The van der Waals surface area contributed by atoms with E-state index in [-0.39, 0.29) is 17.4 Å². The lowest BCUT2D eigenvalue weighted by molar-refractivity contribution is -0.0435. The number of piperidine rings is 1. The van der Waals surface area contributed by atoms with Crippen molar-refractivity contribution in [2.75, 3.05) is 84.7 Å². The van der Waals surface area contributed by atoms with Crippen LogP contribution in [0.15, 0.2) is 135 Å². The van der Waals surface area contributed by atoms with Crippen LogP contribution < -0.4 is 25.2 Å². The van der Waals surface area contributed by atoms with Crippen molar-refractivity contribution in [3.8, 4) is 22.4 Å². The van der Waals surface area contributed by atoms with Crippen molar-refractivity contribution in [1.82, 2.24) is 14.8 Å². The van der Waals surface area contributed by atoms with E-state index in [1.54, 1.807) is 30.5 Å². The monoisotopic (exact) mass is 1130 g/mol. The van der Waals surface area contributed by atoms with E-state index in [0.717, 1.165) is 65.6 Å². The topological polar surface area (TPSA) is 136 Å². The summed E-state index contributed by atoms with van der Waals surface area (Å²) < 4.78 is 131. The maximum atomic E-state index is 15.7. The van der Waals surface area contributed by atoms with Gasteiger partial charge in [0.25, 0.3) is 19.9 Å². The van der Waals surface area contributed by atoms with Gasteiger partial charge in [0.15, 0.2) is 0 Å². The van der Waals surface area contributed by atoms with Crippen LogP contribution in [0.1, 0.15) is 44.8 Å². The third-order valence-corrected chi connectivity index (χ3v) is 19.2. The van der Waals surface area contributed by atoms with Crippen molar-refractivity contribution in [1.29, 1.82) is 0 Å². The van der Waals surface area contributed by atoms with Crippen molar-refractivity contribution in [2.24, 2.45) is 0 Å². The molecule has 8 rings (SSSR count). The van der Waals surface area contributed by atoms with E-state index in [1.807, 2.05) is 76.3 Å². The Hall–Kier alpha value is -5.09. The molecule has 1 unspecified atom stereocenters. The maximum absolute atomic E-state index is 15.7. The number of hydrogen-bond acceptors (Lipinski definition) is 11. The Bertz CT molecular complexity index is 3200. The second kappa shape index (κ2) is 23.7. The zero-order valence-electron chi connectivity index (χ0n) is 42.3. The zero-order valence-corrected chi connectivity index (χ0v) is 46.4. The lowest BCUT2D eigenvalue weighted by atomic mass is 9.99. The second-order valence-electron chi connectivity index (χ2n) is 19.2. The summed E-state index contributed by atoms with van der Waals surface area (Å²) >= 11 is 7.75. The van der Waals surface area contributed by atoms with Crippen LogP contribution in [0.5, 0.6) is 0 Å². The molecule has 0 aliphatic carbocycles. The molecule has 2 saturated heterocycles. The number of halogens is 5. The first-order valence-corrected chi connectivity index (χ1v) is 30.6. The van der Waals surface area contributed by atoms with Gasteiger partial charge in [-0.2, -0.15) is 13.2 Å². The van der Waals surface area contributed by atoms with Gasteiger partial charge < -0.3 is 29.9 Å². The molecule has 2 aliphatic heterocycles. The second-order valence-corrected chi connectivity index (χ2v) is 25.6. The fraction of sp³-hybridized carbons (Fsp3) is 0.370. The van der Waals surface area contributed by atoms with Crippen LogP contribution in [0.25, 0.3) is 22.4 Å². The molecule has 0 saturated carbocycles. The molecule has 0 bridgehead atoms. The Morgan fingerprint density at radius 2 is 1.44 bits per heavy atom. The van der Waals surface area contributed by atoms with Crippen molar-refractivity contribution >= 4 is 76.8 Å². The lowest BCUT2D eigenvalue weighted by Crippen LogP contribution is -2.46. The molecule has 0 radical (unpaired) electrons. The van der Waals surface area contributed by atoms with Crippen molar-refractivity contribution < 1.29 is 38.6 Å². The number of likely N-dealkylation sites (tertiary alicyclic amines) is 1. The van der Waals surface area contributed by atoms with Gasteiger partial charge in [0.05, 0.1) is 32.0 Å². The predicted octanol–water partition coefficient (Wildman–Crippen LogP) is 11.3. The number of sulfonamides is 1. The summed E-state index contributed by atoms with van der Waals surface area (Å²) in [4.78, 5) is 6.17.